The lowest BCUT2D eigenvalue weighted by Gasteiger charge is -2.31. The van der Waals surface area contributed by atoms with Crippen molar-refractivity contribution >= 4 is 23.0 Å². The average Bonchev–Trinajstić information content (AvgIpc) is 3.26. The van der Waals surface area contributed by atoms with Gasteiger partial charge in [-0.25, -0.2) is 4.98 Å². The first kappa shape index (κ1) is 19.5. The molecule has 1 N–H and O–H groups in total. The van der Waals surface area contributed by atoms with Crippen LogP contribution in [0.25, 0.3) is 17.1 Å². The van der Waals surface area contributed by atoms with Gasteiger partial charge in [0, 0.05) is 25.1 Å². The van der Waals surface area contributed by atoms with Crippen LogP contribution in [0, 0.1) is 0 Å². The standard InChI is InChI=1S/C24H25N3O4/c1-29-20-13-16(14-21-23(20)31-12-11-30-21)8-9-22(28)27-10-4-5-17(15-27)24-25-18-6-2-3-7-19(18)26-24/h2-3,6-9,13-14,17H,4-5,10-12,15H2,1H3,(H,25,26)/b9-8+. The maximum absolute atomic E-state index is 12.9. The minimum atomic E-state index is -0.00494. The molecule has 7 nitrogen and oxygen atoms in total. The van der Waals surface area contributed by atoms with Crippen molar-refractivity contribution < 1.29 is 19.0 Å². The zero-order valence-corrected chi connectivity index (χ0v) is 17.5. The number of aromatic amines is 1. The molecule has 0 radical (unpaired) electrons. The number of nitrogens with one attached hydrogen (secondary N) is 1. The van der Waals surface area contributed by atoms with Crippen molar-refractivity contribution in [2.24, 2.45) is 0 Å². The molecule has 3 aromatic rings. The Morgan fingerprint density at radius 2 is 2.13 bits per heavy atom. The van der Waals surface area contributed by atoms with Gasteiger partial charge in [0.25, 0.3) is 0 Å². The molecule has 0 saturated carbocycles. The number of hydrogen-bond acceptors (Lipinski definition) is 5. The van der Waals surface area contributed by atoms with E-state index in [4.69, 9.17) is 19.2 Å². The van der Waals surface area contributed by atoms with Crippen molar-refractivity contribution in [3.63, 3.8) is 0 Å². The number of ether oxygens (including phenoxy) is 3. The van der Waals surface area contributed by atoms with Crippen LogP contribution in [-0.2, 0) is 4.79 Å². The summed E-state index contributed by atoms with van der Waals surface area (Å²) in [6.07, 6.45) is 5.39. The lowest BCUT2D eigenvalue weighted by Crippen LogP contribution is -2.38. The zero-order valence-electron chi connectivity index (χ0n) is 17.5. The molecule has 2 aromatic carbocycles. The summed E-state index contributed by atoms with van der Waals surface area (Å²) in [4.78, 5) is 22.9. The number of methoxy groups -OCH3 is 1. The summed E-state index contributed by atoms with van der Waals surface area (Å²) in [5.74, 6) is 3.02. The Morgan fingerprint density at radius 1 is 1.26 bits per heavy atom. The number of imidazole rings is 1. The van der Waals surface area contributed by atoms with Crippen molar-refractivity contribution in [1.82, 2.24) is 14.9 Å². The van der Waals surface area contributed by atoms with E-state index in [1.807, 2.05) is 41.3 Å². The third kappa shape index (κ3) is 3.95. The van der Waals surface area contributed by atoms with E-state index in [2.05, 4.69) is 4.98 Å². The second kappa shape index (κ2) is 8.34. The second-order valence-electron chi connectivity index (χ2n) is 7.84. The number of para-hydroxylation sites is 2. The molecule has 0 spiro atoms. The second-order valence-corrected chi connectivity index (χ2v) is 7.84. The molecule has 1 atom stereocenters. The van der Waals surface area contributed by atoms with Gasteiger partial charge in [0.05, 0.1) is 18.1 Å². The summed E-state index contributed by atoms with van der Waals surface area (Å²) in [5, 5.41) is 0. The number of amides is 1. The summed E-state index contributed by atoms with van der Waals surface area (Å²) in [5.41, 5.74) is 2.84. The van der Waals surface area contributed by atoms with Crippen molar-refractivity contribution in [3.8, 4) is 17.2 Å². The first-order chi connectivity index (χ1) is 15.2. The van der Waals surface area contributed by atoms with E-state index >= 15 is 0 Å². The molecule has 1 fully saturated rings. The summed E-state index contributed by atoms with van der Waals surface area (Å²) in [6.45, 7) is 2.41. The Balaban J connectivity index is 1.30. The molecule has 2 aliphatic rings. The minimum Gasteiger partial charge on any atom is -0.493 e. The SMILES string of the molecule is COc1cc(/C=C/C(=O)N2CCCC(c3nc4ccccc4[nH]3)C2)cc2c1OCCO2. The van der Waals surface area contributed by atoms with Crippen LogP contribution in [-0.4, -0.2) is 54.2 Å². The molecular formula is C24H25N3O4. The Labute approximate surface area is 180 Å². The van der Waals surface area contributed by atoms with Gasteiger partial charge in [0.2, 0.25) is 11.7 Å². The van der Waals surface area contributed by atoms with E-state index in [9.17, 15) is 4.79 Å². The third-order valence-electron chi connectivity index (χ3n) is 5.80. The van der Waals surface area contributed by atoms with Crippen LogP contribution in [0.3, 0.4) is 0 Å². The normalized spacial score (nSPS) is 18.5. The summed E-state index contributed by atoms with van der Waals surface area (Å²) < 4.78 is 16.7. The highest BCUT2D eigenvalue weighted by atomic mass is 16.6. The number of hydrogen-bond donors (Lipinski definition) is 1. The number of carbonyl (C=O) groups excluding carboxylic acids is 1. The number of aromatic nitrogens is 2. The molecule has 5 rings (SSSR count). The van der Waals surface area contributed by atoms with Gasteiger partial charge in [-0.05, 0) is 48.7 Å². The highest BCUT2D eigenvalue weighted by Gasteiger charge is 2.26. The molecular weight excluding hydrogens is 394 g/mol. The number of carbonyl (C=O) groups is 1. The third-order valence-corrected chi connectivity index (χ3v) is 5.80. The minimum absolute atomic E-state index is 0.00494. The Morgan fingerprint density at radius 3 is 3.00 bits per heavy atom. The molecule has 1 saturated heterocycles. The largest absolute Gasteiger partial charge is 0.493 e. The van der Waals surface area contributed by atoms with Crippen LogP contribution < -0.4 is 14.2 Å². The van der Waals surface area contributed by atoms with Crippen LogP contribution in [0.5, 0.6) is 17.2 Å². The number of fused-ring (bicyclic) bond motifs is 2. The van der Waals surface area contributed by atoms with E-state index in [0.717, 1.165) is 41.8 Å². The Kier molecular flexibility index (Phi) is 5.24. The molecule has 3 heterocycles. The Hall–Kier alpha value is -3.48. The molecule has 2 aliphatic heterocycles. The summed E-state index contributed by atoms with van der Waals surface area (Å²) in [7, 11) is 1.60. The van der Waals surface area contributed by atoms with Crippen LogP contribution in [0.1, 0.15) is 30.1 Å². The number of piperidine rings is 1. The smallest absolute Gasteiger partial charge is 0.246 e. The molecule has 1 unspecified atom stereocenters. The fraction of sp³-hybridized carbons (Fsp3) is 0.333. The predicted molar refractivity (Wildman–Crippen MR) is 118 cm³/mol. The zero-order chi connectivity index (χ0) is 21.2. The number of nitrogens with zero attached hydrogens (tertiary/aromatic N) is 2. The molecule has 1 aromatic heterocycles. The van der Waals surface area contributed by atoms with Gasteiger partial charge in [-0.3, -0.25) is 4.79 Å². The van der Waals surface area contributed by atoms with E-state index in [0.29, 0.717) is 37.0 Å². The van der Waals surface area contributed by atoms with Crippen molar-refractivity contribution in [1.29, 1.82) is 0 Å². The van der Waals surface area contributed by atoms with E-state index < -0.39 is 0 Å². The summed E-state index contributed by atoms with van der Waals surface area (Å²) >= 11 is 0. The van der Waals surface area contributed by atoms with Gasteiger partial charge in [-0.15, -0.1) is 0 Å². The molecule has 0 aliphatic carbocycles. The molecule has 0 bridgehead atoms. The van der Waals surface area contributed by atoms with Crippen LogP contribution in [0.2, 0.25) is 0 Å². The number of likely N-dealkylation sites (tertiary alicyclic amines) is 1. The highest BCUT2D eigenvalue weighted by Crippen LogP contribution is 2.40. The van der Waals surface area contributed by atoms with Gasteiger partial charge in [-0.2, -0.15) is 0 Å². The van der Waals surface area contributed by atoms with Crippen LogP contribution in [0.15, 0.2) is 42.5 Å². The van der Waals surface area contributed by atoms with E-state index in [-0.39, 0.29) is 11.8 Å². The number of rotatable bonds is 4. The van der Waals surface area contributed by atoms with Gasteiger partial charge >= 0.3 is 0 Å². The summed E-state index contributed by atoms with van der Waals surface area (Å²) in [6, 6.07) is 11.7. The molecule has 7 heteroatoms. The van der Waals surface area contributed by atoms with Gasteiger partial charge in [0.1, 0.15) is 19.0 Å². The highest BCUT2D eigenvalue weighted by molar-refractivity contribution is 5.92. The molecule has 1 amide bonds. The van der Waals surface area contributed by atoms with E-state index in [1.165, 1.54) is 0 Å². The fourth-order valence-corrected chi connectivity index (χ4v) is 4.23. The first-order valence-electron chi connectivity index (χ1n) is 10.6. The fourth-order valence-electron chi connectivity index (χ4n) is 4.23. The van der Waals surface area contributed by atoms with Crippen LogP contribution >= 0.6 is 0 Å². The first-order valence-corrected chi connectivity index (χ1v) is 10.6. The maximum Gasteiger partial charge on any atom is 0.246 e. The molecule has 160 valence electrons. The van der Waals surface area contributed by atoms with Crippen molar-refractivity contribution in [2.45, 2.75) is 18.8 Å². The predicted octanol–water partition coefficient (Wildman–Crippen LogP) is 3.76. The monoisotopic (exact) mass is 419 g/mol. The van der Waals surface area contributed by atoms with Crippen molar-refractivity contribution in [2.75, 3.05) is 33.4 Å². The number of benzene rings is 2. The topological polar surface area (TPSA) is 76.7 Å². The Bertz CT molecular complexity index is 1090. The van der Waals surface area contributed by atoms with Gasteiger partial charge in [-0.1, -0.05) is 12.1 Å². The maximum atomic E-state index is 12.9. The number of H-pyrrole nitrogens is 1. The van der Waals surface area contributed by atoms with E-state index in [1.54, 1.807) is 19.3 Å². The van der Waals surface area contributed by atoms with Gasteiger partial charge in [0.15, 0.2) is 11.5 Å². The lowest BCUT2D eigenvalue weighted by molar-refractivity contribution is -0.127. The van der Waals surface area contributed by atoms with Crippen molar-refractivity contribution in [3.05, 3.63) is 53.9 Å². The van der Waals surface area contributed by atoms with Gasteiger partial charge < -0.3 is 24.1 Å². The quantitative estimate of drug-likeness (QED) is 0.652. The lowest BCUT2D eigenvalue weighted by atomic mass is 9.97. The molecule has 31 heavy (non-hydrogen) atoms. The average molecular weight is 419 g/mol. The van der Waals surface area contributed by atoms with Crippen LogP contribution in [0.4, 0.5) is 0 Å².